The molecule has 0 saturated heterocycles. The number of benzene rings is 1. The molecule has 7 heteroatoms. The lowest BCUT2D eigenvalue weighted by molar-refractivity contribution is 0.178. The summed E-state index contributed by atoms with van der Waals surface area (Å²) in [7, 11) is 3.20. The summed E-state index contributed by atoms with van der Waals surface area (Å²) in [5.41, 5.74) is 7.27. The number of hydrogen-bond acceptors (Lipinski definition) is 6. The van der Waals surface area contributed by atoms with Gasteiger partial charge < -0.3 is 20.5 Å². The fourth-order valence-electron chi connectivity index (χ4n) is 1.74. The van der Waals surface area contributed by atoms with Gasteiger partial charge in [0.05, 0.1) is 7.11 Å². The number of hydrogen-bond donors (Lipinski definition) is 2. The Labute approximate surface area is 128 Å². The number of nitrogens with two attached hydrogens (primary N) is 1. The molecule has 1 heterocycles. The SMILES string of the molecule is COCc1nc(Cl)c(N)c(NCc2ccc(OC)cc2)n1. The van der Waals surface area contributed by atoms with Crippen LogP contribution in [-0.4, -0.2) is 24.2 Å². The summed E-state index contributed by atoms with van der Waals surface area (Å²) in [5.74, 6) is 1.79. The van der Waals surface area contributed by atoms with Crippen LogP contribution in [0, 0.1) is 0 Å². The van der Waals surface area contributed by atoms with E-state index in [1.54, 1.807) is 14.2 Å². The van der Waals surface area contributed by atoms with Crippen molar-refractivity contribution in [1.82, 2.24) is 9.97 Å². The Morgan fingerprint density at radius 1 is 1.19 bits per heavy atom. The number of aromatic nitrogens is 2. The molecule has 0 bridgehead atoms. The van der Waals surface area contributed by atoms with Crippen molar-refractivity contribution >= 4 is 23.1 Å². The van der Waals surface area contributed by atoms with Crippen LogP contribution >= 0.6 is 11.6 Å². The van der Waals surface area contributed by atoms with E-state index in [-0.39, 0.29) is 11.8 Å². The molecule has 2 aromatic rings. The molecule has 112 valence electrons. The van der Waals surface area contributed by atoms with Gasteiger partial charge in [-0.1, -0.05) is 23.7 Å². The van der Waals surface area contributed by atoms with Gasteiger partial charge in [-0.05, 0) is 17.7 Å². The summed E-state index contributed by atoms with van der Waals surface area (Å²) in [5, 5.41) is 3.37. The van der Waals surface area contributed by atoms with Crippen molar-refractivity contribution in [3.63, 3.8) is 0 Å². The first-order valence-electron chi connectivity index (χ1n) is 6.31. The van der Waals surface area contributed by atoms with Crippen molar-refractivity contribution in [3.05, 3.63) is 40.8 Å². The number of anilines is 2. The van der Waals surface area contributed by atoms with E-state index in [1.165, 1.54) is 0 Å². The largest absolute Gasteiger partial charge is 0.497 e. The summed E-state index contributed by atoms with van der Waals surface area (Å²) in [4.78, 5) is 8.34. The zero-order chi connectivity index (χ0) is 15.2. The van der Waals surface area contributed by atoms with Crippen LogP contribution < -0.4 is 15.8 Å². The Balaban J connectivity index is 2.11. The van der Waals surface area contributed by atoms with Gasteiger partial charge >= 0.3 is 0 Å². The Morgan fingerprint density at radius 3 is 2.52 bits per heavy atom. The summed E-state index contributed by atoms with van der Waals surface area (Å²) in [6.07, 6.45) is 0. The fraction of sp³-hybridized carbons (Fsp3) is 0.286. The van der Waals surface area contributed by atoms with Crippen LogP contribution in [0.15, 0.2) is 24.3 Å². The average Bonchev–Trinajstić information content (AvgIpc) is 2.50. The number of halogens is 1. The maximum absolute atomic E-state index is 5.99. The third-order valence-electron chi connectivity index (χ3n) is 2.84. The van der Waals surface area contributed by atoms with Gasteiger partial charge in [0.25, 0.3) is 0 Å². The first-order valence-corrected chi connectivity index (χ1v) is 6.69. The number of ether oxygens (including phenoxy) is 2. The molecule has 0 fully saturated rings. The van der Waals surface area contributed by atoms with Crippen molar-refractivity contribution in [3.8, 4) is 5.75 Å². The van der Waals surface area contributed by atoms with Gasteiger partial charge in [-0.3, -0.25) is 0 Å². The standard InChI is InChI=1S/C14H17ClN4O2/c1-20-8-11-18-13(15)12(16)14(19-11)17-7-9-3-5-10(21-2)6-4-9/h3-6H,7-8,16H2,1-2H3,(H,17,18,19). The second-order valence-corrected chi connectivity index (χ2v) is 4.69. The van der Waals surface area contributed by atoms with Gasteiger partial charge in [0.1, 0.15) is 18.0 Å². The highest BCUT2D eigenvalue weighted by Crippen LogP contribution is 2.24. The normalized spacial score (nSPS) is 10.4. The second-order valence-electron chi connectivity index (χ2n) is 4.33. The van der Waals surface area contributed by atoms with Gasteiger partial charge in [0.2, 0.25) is 0 Å². The molecule has 0 atom stereocenters. The van der Waals surface area contributed by atoms with Gasteiger partial charge in [0.15, 0.2) is 16.8 Å². The number of methoxy groups -OCH3 is 2. The van der Waals surface area contributed by atoms with E-state index in [2.05, 4.69) is 15.3 Å². The topological polar surface area (TPSA) is 82.3 Å². The molecule has 1 aromatic carbocycles. The van der Waals surface area contributed by atoms with Gasteiger partial charge in [0, 0.05) is 13.7 Å². The van der Waals surface area contributed by atoms with Gasteiger partial charge in [-0.15, -0.1) is 0 Å². The predicted molar refractivity (Wildman–Crippen MR) is 82.5 cm³/mol. The van der Waals surface area contributed by atoms with Gasteiger partial charge in [-0.25, -0.2) is 9.97 Å². The summed E-state index contributed by atoms with van der Waals surface area (Å²) in [6.45, 7) is 0.838. The smallest absolute Gasteiger partial charge is 0.158 e. The first-order chi connectivity index (χ1) is 10.1. The van der Waals surface area contributed by atoms with E-state index in [0.29, 0.717) is 23.9 Å². The minimum absolute atomic E-state index is 0.217. The fourth-order valence-corrected chi connectivity index (χ4v) is 1.93. The van der Waals surface area contributed by atoms with E-state index in [0.717, 1.165) is 11.3 Å². The third-order valence-corrected chi connectivity index (χ3v) is 3.13. The molecule has 0 aliphatic rings. The molecule has 3 N–H and O–H groups in total. The quantitative estimate of drug-likeness (QED) is 0.798. The second kappa shape index (κ2) is 7.10. The minimum atomic E-state index is 0.217. The van der Waals surface area contributed by atoms with Crippen LogP contribution in [0.3, 0.4) is 0 Å². The lowest BCUT2D eigenvalue weighted by Crippen LogP contribution is -2.09. The molecule has 21 heavy (non-hydrogen) atoms. The highest BCUT2D eigenvalue weighted by Gasteiger charge is 2.10. The molecular formula is C14H17ClN4O2. The molecule has 0 amide bonds. The van der Waals surface area contributed by atoms with Crippen LogP contribution in [0.2, 0.25) is 5.15 Å². The predicted octanol–water partition coefficient (Wildman–Crippen LogP) is 2.48. The molecule has 0 unspecified atom stereocenters. The van der Waals surface area contributed by atoms with Crippen molar-refractivity contribution in [2.45, 2.75) is 13.2 Å². The Bertz CT molecular complexity index is 605. The highest BCUT2D eigenvalue weighted by atomic mass is 35.5. The maximum Gasteiger partial charge on any atom is 0.158 e. The lowest BCUT2D eigenvalue weighted by Gasteiger charge is -2.11. The molecule has 0 spiro atoms. The highest BCUT2D eigenvalue weighted by molar-refractivity contribution is 6.32. The van der Waals surface area contributed by atoms with E-state index in [9.17, 15) is 0 Å². The zero-order valence-corrected chi connectivity index (χ0v) is 12.6. The van der Waals surface area contributed by atoms with Crippen LogP contribution in [0.25, 0.3) is 0 Å². The van der Waals surface area contributed by atoms with Crippen molar-refractivity contribution < 1.29 is 9.47 Å². The molecular weight excluding hydrogens is 292 g/mol. The molecule has 0 aliphatic heterocycles. The number of nitrogen functional groups attached to an aromatic ring is 1. The molecule has 0 saturated carbocycles. The zero-order valence-electron chi connectivity index (χ0n) is 11.9. The molecule has 1 aromatic heterocycles. The van der Waals surface area contributed by atoms with Crippen molar-refractivity contribution in [2.75, 3.05) is 25.3 Å². The van der Waals surface area contributed by atoms with E-state index >= 15 is 0 Å². The van der Waals surface area contributed by atoms with E-state index < -0.39 is 0 Å². The van der Waals surface area contributed by atoms with Crippen LogP contribution in [0.5, 0.6) is 5.75 Å². The Morgan fingerprint density at radius 2 is 1.90 bits per heavy atom. The average molecular weight is 309 g/mol. The Hall–Kier alpha value is -2.05. The summed E-state index contributed by atoms with van der Waals surface area (Å²) < 4.78 is 10.1. The van der Waals surface area contributed by atoms with Gasteiger partial charge in [-0.2, -0.15) is 0 Å². The number of rotatable bonds is 6. The Kier molecular flexibility index (Phi) is 5.19. The summed E-state index contributed by atoms with van der Waals surface area (Å²) in [6, 6.07) is 7.70. The summed E-state index contributed by atoms with van der Waals surface area (Å²) >= 11 is 5.99. The molecule has 2 rings (SSSR count). The maximum atomic E-state index is 5.99. The first kappa shape index (κ1) is 15.3. The lowest BCUT2D eigenvalue weighted by atomic mass is 10.2. The monoisotopic (exact) mass is 308 g/mol. The molecule has 0 aliphatic carbocycles. The van der Waals surface area contributed by atoms with Crippen LogP contribution in [-0.2, 0) is 17.9 Å². The van der Waals surface area contributed by atoms with Crippen molar-refractivity contribution in [2.24, 2.45) is 0 Å². The number of nitrogens with one attached hydrogen (secondary N) is 1. The van der Waals surface area contributed by atoms with Crippen molar-refractivity contribution in [1.29, 1.82) is 0 Å². The minimum Gasteiger partial charge on any atom is -0.497 e. The van der Waals surface area contributed by atoms with Crippen LogP contribution in [0.4, 0.5) is 11.5 Å². The number of nitrogens with zero attached hydrogens (tertiary/aromatic N) is 2. The molecule has 6 nitrogen and oxygen atoms in total. The van der Waals surface area contributed by atoms with Crippen LogP contribution in [0.1, 0.15) is 11.4 Å². The van der Waals surface area contributed by atoms with E-state index in [4.69, 9.17) is 26.8 Å². The van der Waals surface area contributed by atoms with E-state index in [1.807, 2.05) is 24.3 Å². The molecule has 0 radical (unpaired) electrons. The third kappa shape index (κ3) is 3.96.